The van der Waals surface area contributed by atoms with E-state index in [0.717, 1.165) is 37.0 Å². The van der Waals surface area contributed by atoms with Gasteiger partial charge in [-0.05, 0) is 37.0 Å². The number of benzene rings is 1. The van der Waals surface area contributed by atoms with Crippen LogP contribution >= 0.6 is 0 Å². The fraction of sp³-hybridized carbons (Fsp3) is 0.611. The Labute approximate surface area is 133 Å². The van der Waals surface area contributed by atoms with Gasteiger partial charge < -0.3 is 14.4 Å². The van der Waals surface area contributed by atoms with Crippen molar-refractivity contribution in [3.8, 4) is 5.75 Å². The minimum atomic E-state index is 0.0981. The molecular formula is C18H27NO3. The van der Waals surface area contributed by atoms with Crippen molar-refractivity contribution in [2.45, 2.75) is 45.3 Å². The van der Waals surface area contributed by atoms with Crippen molar-refractivity contribution in [1.29, 1.82) is 0 Å². The Balaban J connectivity index is 1.93. The Morgan fingerprint density at radius 2 is 2.27 bits per heavy atom. The topological polar surface area (TPSA) is 38.8 Å². The zero-order valence-corrected chi connectivity index (χ0v) is 13.9. The molecule has 1 fully saturated rings. The van der Waals surface area contributed by atoms with Gasteiger partial charge in [0, 0.05) is 26.1 Å². The molecule has 2 atom stereocenters. The lowest BCUT2D eigenvalue weighted by Gasteiger charge is -2.31. The third-order valence-electron chi connectivity index (χ3n) is 4.26. The number of hydrogen-bond acceptors (Lipinski definition) is 3. The second-order valence-electron chi connectivity index (χ2n) is 6.05. The van der Waals surface area contributed by atoms with Crippen LogP contribution in [0.3, 0.4) is 0 Å². The zero-order chi connectivity index (χ0) is 15.9. The minimum Gasteiger partial charge on any atom is -0.497 e. The average Bonchev–Trinajstić information content (AvgIpc) is 2.55. The van der Waals surface area contributed by atoms with E-state index in [-0.39, 0.29) is 17.9 Å². The van der Waals surface area contributed by atoms with E-state index in [4.69, 9.17) is 9.47 Å². The van der Waals surface area contributed by atoms with Crippen LogP contribution in [0.1, 0.15) is 38.2 Å². The zero-order valence-electron chi connectivity index (χ0n) is 13.9. The Bertz CT molecular complexity index is 487. The summed E-state index contributed by atoms with van der Waals surface area (Å²) in [5, 5.41) is 0. The quantitative estimate of drug-likeness (QED) is 0.810. The van der Waals surface area contributed by atoms with Crippen LogP contribution in [0, 0.1) is 5.92 Å². The highest BCUT2D eigenvalue weighted by molar-refractivity contribution is 5.78. The van der Waals surface area contributed by atoms with E-state index in [1.807, 2.05) is 36.2 Å². The second kappa shape index (κ2) is 8.18. The normalized spacial score (nSPS) is 21.4. The number of hydrogen-bond donors (Lipinski definition) is 0. The lowest BCUT2D eigenvalue weighted by Crippen LogP contribution is -2.38. The van der Waals surface area contributed by atoms with Crippen molar-refractivity contribution in [1.82, 2.24) is 4.90 Å². The molecule has 0 spiro atoms. The molecule has 4 heteroatoms. The first-order valence-corrected chi connectivity index (χ1v) is 8.13. The number of nitrogens with zero attached hydrogens (tertiary/aromatic N) is 1. The number of carbonyl (C=O) groups excluding carboxylic acids is 1. The van der Waals surface area contributed by atoms with Gasteiger partial charge in [-0.3, -0.25) is 4.79 Å². The molecule has 1 heterocycles. The number of rotatable bonds is 6. The van der Waals surface area contributed by atoms with Gasteiger partial charge in [-0.15, -0.1) is 0 Å². The summed E-state index contributed by atoms with van der Waals surface area (Å²) in [5.74, 6) is 1.15. The summed E-state index contributed by atoms with van der Waals surface area (Å²) in [4.78, 5) is 14.5. The van der Waals surface area contributed by atoms with Crippen LogP contribution in [0.15, 0.2) is 24.3 Å². The van der Waals surface area contributed by atoms with Crippen molar-refractivity contribution in [2.24, 2.45) is 5.92 Å². The number of amides is 1. The van der Waals surface area contributed by atoms with Crippen LogP contribution in [0.25, 0.3) is 0 Å². The minimum absolute atomic E-state index is 0.0981. The molecule has 1 saturated heterocycles. The Hall–Kier alpha value is -1.55. The highest BCUT2D eigenvalue weighted by Gasteiger charge is 2.29. The van der Waals surface area contributed by atoms with Gasteiger partial charge >= 0.3 is 0 Å². The predicted octanol–water partition coefficient (Wildman–Crippen LogP) is 3.25. The van der Waals surface area contributed by atoms with Crippen LogP contribution in [-0.4, -0.2) is 37.7 Å². The summed E-state index contributed by atoms with van der Waals surface area (Å²) in [6.45, 7) is 3.48. The van der Waals surface area contributed by atoms with Crippen molar-refractivity contribution >= 4 is 5.91 Å². The number of carbonyl (C=O) groups is 1. The molecule has 0 radical (unpaired) electrons. The Kier molecular flexibility index (Phi) is 6.25. The van der Waals surface area contributed by atoms with Gasteiger partial charge in [-0.1, -0.05) is 25.5 Å². The van der Waals surface area contributed by atoms with Gasteiger partial charge in [-0.2, -0.15) is 0 Å². The molecule has 0 aliphatic carbocycles. The number of ether oxygens (including phenoxy) is 2. The van der Waals surface area contributed by atoms with E-state index < -0.39 is 0 Å². The summed E-state index contributed by atoms with van der Waals surface area (Å²) in [6.07, 6.45) is 4.09. The van der Waals surface area contributed by atoms with Crippen molar-refractivity contribution < 1.29 is 14.3 Å². The van der Waals surface area contributed by atoms with Crippen molar-refractivity contribution in [3.05, 3.63) is 29.8 Å². The summed E-state index contributed by atoms with van der Waals surface area (Å²) >= 11 is 0. The standard InChI is InChI=1S/C18H27NO3/c1-4-6-17-12-15(9-10-22-17)18(20)19(2)13-14-7-5-8-16(11-14)21-3/h5,7-8,11,15,17H,4,6,9-10,12-13H2,1-3H3. The molecule has 4 nitrogen and oxygen atoms in total. The van der Waals surface area contributed by atoms with Gasteiger partial charge in [0.1, 0.15) is 5.75 Å². The maximum Gasteiger partial charge on any atom is 0.225 e. The second-order valence-corrected chi connectivity index (χ2v) is 6.05. The van der Waals surface area contributed by atoms with E-state index in [1.165, 1.54) is 0 Å². The average molecular weight is 305 g/mol. The van der Waals surface area contributed by atoms with E-state index >= 15 is 0 Å². The van der Waals surface area contributed by atoms with Crippen LogP contribution in [0.2, 0.25) is 0 Å². The molecule has 1 amide bonds. The maximum absolute atomic E-state index is 12.6. The molecule has 1 aliphatic heterocycles. The van der Waals surface area contributed by atoms with Gasteiger partial charge in [0.15, 0.2) is 0 Å². The summed E-state index contributed by atoms with van der Waals surface area (Å²) in [7, 11) is 3.54. The summed E-state index contributed by atoms with van der Waals surface area (Å²) in [5.41, 5.74) is 1.09. The molecule has 1 aliphatic rings. The monoisotopic (exact) mass is 305 g/mol. The molecule has 2 rings (SSSR count). The maximum atomic E-state index is 12.6. The highest BCUT2D eigenvalue weighted by atomic mass is 16.5. The van der Waals surface area contributed by atoms with E-state index in [0.29, 0.717) is 13.2 Å². The first kappa shape index (κ1) is 16.8. The first-order valence-electron chi connectivity index (χ1n) is 8.13. The molecule has 0 saturated carbocycles. The van der Waals surface area contributed by atoms with Gasteiger partial charge in [-0.25, -0.2) is 0 Å². The Morgan fingerprint density at radius 3 is 3.00 bits per heavy atom. The summed E-state index contributed by atoms with van der Waals surface area (Å²) < 4.78 is 11.0. The molecule has 22 heavy (non-hydrogen) atoms. The van der Waals surface area contributed by atoms with Crippen LogP contribution in [-0.2, 0) is 16.1 Å². The van der Waals surface area contributed by atoms with Gasteiger partial charge in [0.05, 0.1) is 13.2 Å². The van der Waals surface area contributed by atoms with Gasteiger partial charge in [0.25, 0.3) is 0 Å². The fourth-order valence-corrected chi connectivity index (χ4v) is 3.06. The smallest absolute Gasteiger partial charge is 0.225 e. The molecular weight excluding hydrogens is 278 g/mol. The van der Waals surface area contributed by atoms with Crippen molar-refractivity contribution in [2.75, 3.05) is 20.8 Å². The van der Waals surface area contributed by atoms with Crippen LogP contribution < -0.4 is 4.74 Å². The Morgan fingerprint density at radius 1 is 1.45 bits per heavy atom. The number of methoxy groups -OCH3 is 1. The molecule has 2 unspecified atom stereocenters. The van der Waals surface area contributed by atoms with Gasteiger partial charge in [0.2, 0.25) is 5.91 Å². The highest BCUT2D eigenvalue weighted by Crippen LogP contribution is 2.25. The molecule has 122 valence electrons. The first-order chi connectivity index (χ1) is 10.6. The SMILES string of the molecule is CCCC1CC(C(=O)N(C)Cc2cccc(OC)c2)CCO1. The van der Waals surface area contributed by atoms with Crippen LogP contribution in [0.5, 0.6) is 5.75 Å². The molecule has 1 aromatic rings. The largest absolute Gasteiger partial charge is 0.497 e. The molecule has 0 N–H and O–H groups in total. The lowest BCUT2D eigenvalue weighted by molar-refractivity contribution is -0.140. The predicted molar refractivity (Wildman–Crippen MR) is 86.8 cm³/mol. The third kappa shape index (κ3) is 4.47. The van der Waals surface area contributed by atoms with Crippen LogP contribution in [0.4, 0.5) is 0 Å². The third-order valence-corrected chi connectivity index (χ3v) is 4.26. The summed E-state index contributed by atoms with van der Waals surface area (Å²) in [6, 6.07) is 7.88. The fourth-order valence-electron chi connectivity index (χ4n) is 3.06. The lowest BCUT2D eigenvalue weighted by atomic mass is 9.92. The molecule has 0 bridgehead atoms. The molecule has 0 aromatic heterocycles. The van der Waals surface area contributed by atoms with E-state index in [9.17, 15) is 4.79 Å². The molecule has 1 aromatic carbocycles. The van der Waals surface area contributed by atoms with E-state index in [2.05, 4.69) is 6.92 Å². The van der Waals surface area contributed by atoms with E-state index in [1.54, 1.807) is 7.11 Å². The van der Waals surface area contributed by atoms with Crippen molar-refractivity contribution in [3.63, 3.8) is 0 Å².